The third-order valence-electron chi connectivity index (χ3n) is 1.24. The van der Waals surface area contributed by atoms with Crippen LogP contribution in [0.25, 0.3) is 0 Å². The predicted molar refractivity (Wildman–Crippen MR) is 43.3 cm³/mol. The summed E-state index contributed by atoms with van der Waals surface area (Å²) in [6.45, 7) is 1.55. The van der Waals surface area contributed by atoms with Crippen molar-refractivity contribution in [2.45, 2.75) is 0 Å². The summed E-state index contributed by atoms with van der Waals surface area (Å²) in [5, 5.41) is 2.61. The van der Waals surface area contributed by atoms with E-state index in [4.69, 9.17) is 0 Å². The van der Waals surface area contributed by atoms with Crippen LogP contribution in [0.3, 0.4) is 0 Å². The number of hydrogen-bond donors (Lipinski definition) is 1. The first kappa shape index (κ1) is 10.2. The second-order valence-electron chi connectivity index (χ2n) is 3.43. The molecule has 0 unspecified atom stereocenters. The van der Waals surface area contributed by atoms with E-state index in [1.807, 2.05) is 0 Å². The van der Waals surface area contributed by atoms with Gasteiger partial charge in [-0.15, -0.1) is 0 Å². The number of amides is 1. The summed E-state index contributed by atoms with van der Waals surface area (Å²) in [5.41, 5.74) is 0. The second-order valence-corrected chi connectivity index (χ2v) is 3.43. The third-order valence-corrected chi connectivity index (χ3v) is 1.24. The molecule has 0 aliphatic carbocycles. The maximum atomic E-state index is 10.6. The van der Waals surface area contributed by atoms with Crippen molar-refractivity contribution < 1.29 is 14.0 Å². The molecule has 4 heteroatoms. The van der Waals surface area contributed by atoms with Gasteiger partial charge in [-0.3, -0.25) is 0 Å². The van der Waals surface area contributed by atoms with Gasteiger partial charge in [-0.1, -0.05) is 0 Å². The Balaban J connectivity index is 3.35. The molecule has 0 saturated heterocycles. The topological polar surface area (TPSA) is 38.3 Å². The summed E-state index contributed by atoms with van der Waals surface area (Å²) < 4.78 is 5.25. The van der Waals surface area contributed by atoms with Crippen molar-refractivity contribution in [3.63, 3.8) is 0 Å². The van der Waals surface area contributed by atoms with Crippen LogP contribution in [0.5, 0.6) is 0 Å². The number of carbonyl (C=O) groups excluding carboxylic acids is 1. The molecule has 0 aromatic rings. The molecule has 1 N–H and O–H groups in total. The molecule has 0 aromatic heterocycles. The molecular weight excluding hydrogens is 144 g/mol. The zero-order valence-electron chi connectivity index (χ0n) is 7.68. The van der Waals surface area contributed by atoms with Gasteiger partial charge in [0.2, 0.25) is 0 Å². The first-order valence-electron chi connectivity index (χ1n) is 3.58. The highest BCUT2D eigenvalue weighted by atomic mass is 16.5. The molecule has 0 aliphatic rings. The van der Waals surface area contributed by atoms with E-state index in [1.54, 1.807) is 0 Å². The van der Waals surface area contributed by atoms with E-state index in [1.165, 1.54) is 7.11 Å². The van der Waals surface area contributed by atoms with Crippen LogP contribution in [0.1, 0.15) is 0 Å². The lowest BCUT2D eigenvalue weighted by molar-refractivity contribution is -0.869. The molecular formula is C7H17N2O2+. The summed E-state index contributed by atoms with van der Waals surface area (Å²) in [4.78, 5) is 10.6. The molecule has 0 bridgehead atoms. The molecule has 0 spiro atoms. The molecule has 0 saturated carbocycles. The van der Waals surface area contributed by atoms with Crippen molar-refractivity contribution in [2.24, 2.45) is 0 Å². The van der Waals surface area contributed by atoms with Crippen LogP contribution < -0.4 is 5.32 Å². The number of carbonyl (C=O) groups is 1. The van der Waals surface area contributed by atoms with E-state index < -0.39 is 0 Å². The Labute approximate surface area is 67.7 Å². The van der Waals surface area contributed by atoms with Gasteiger partial charge in [0.05, 0.1) is 41.3 Å². The first-order valence-corrected chi connectivity index (χ1v) is 3.58. The third kappa shape index (κ3) is 7.12. The lowest BCUT2D eigenvalue weighted by atomic mass is 10.5. The highest BCUT2D eigenvalue weighted by Crippen LogP contribution is 1.86. The van der Waals surface area contributed by atoms with Crippen molar-refractivity contribution in [3.8, 4) is 0 Å². The number of rotatable bonds is 3. The second kappa shape index (κ2) is 4.18. The summed E-state index contributed by atoms with van der Waals surface area (Å²) in [5.74, 6) is 0. The van der Waals surface area contributed by atoms with E-state index in [2.05, 4.69) is 31.2 Å². The molecule has 0 atom stereocenters. The fourth-order valence-corrected chi connectivity index (χ4v) is 0.566. The monoisotopic (exact) mass is 161 g/mol. The Morgan fingerprint density at radius 1 is 1.45 bits per heavy atom. The van der Waals surface area contributed by atoms with Gasteiger partial charge in [0.25, 0.3) is 0 Å². The lowest BCUT2D eigenvalue weighted by Crippen LogP contribution is -2.41. The molecule has 0 aromatic carbocycles. The lowest BCUT2D eigenvalue weighted by Gasteiger charge is -2.23. The van der Waals surface area contributed by atoms with Crippen molar-refractivity contribution in [3.05, 3.63) is 0 Å². The number of alkyl carbamates (subject to hydrolysis) is 1. The quantitative estimate of drug-likeness (QED) is 0.594. The van der Waals surface area contributed by atoms with E-state index in [-0.39, 0.29) is 6.09 Å². The van der Waals surface area contributed by atoms with Gasteiger partial charge in [-0.05, 0) is 0 Å². The summed E-state index contributed by atoms with van der Waals surface area (Å²) >= 11 is 0. The maximum absolute atomic E-state index is 10.6. The largest absolute Gasteiger partial charge is 0.453 e. The number of methoxy groups -OCH3 is 1. The molecule has 4 nitrogen and oxygen atoms in total. The summed E-state index contributed by atoms with van der Waals surface area (Å²) in [6.07, 6.45) is -0.363. The van der Waals surface area contributed by atoms with Gasteiger partial charge < -0.3 is 14.5 Å². The Morgan fingerprint density at radius 2 is 2.00 bits per heavy atom. The predicted octanol–water partition coefficient (Wildman–Crippen LogP) is 0.0486. The molecule has 0 rings (SSSR count). The highest BCUT2D eigenvalue weighted by Gasteiger charge is 2.06. The minimum absolute atomic E-state index is 0.363. The van der Waals surface area contributed by atoms with E-state index in [0.29, 0.717) is 6.54 Å². The zero-order valence-corrected chi connectivity index (χ0v) is 7.68. The van der Waals surface area contributed by atoms with Crippen LogP contribution in [0.15, 0.2) is 0 Å². The first-order chi connectivity index (χ1) is 4.95. The SMILES string of the molecule is COC(=O)NCC[N+](C)(C)C. The minimum Gasteiger partial charge on any atom is -0.453 e. The van der Waals surface area contributed by atoms with Crippen LogP contribution in [0, 0.1) is 0 Å². The van der Waals surface area contributed by atoms with Crippen molar-refractivity contribution in [1.29, 1.82) is 0 Å². The van der Waals surface area contributed by atoms with Gasteiger partial charge in [-0.25, -0.2) is 4.79 Å². The number of nitrogens with one attached hydrogen (secondary N) is 1. The number of quaternary nitrogens is 1. The van der Waals surface area contributed by atoms with Gasteiger partial charge >= 0.3 is 6.09 Å². The summed E-state index contributed by atoms with van der Waals surface area (Å²) in [6, 6.07) is 0. The van der Waals surface area contributed by atoms with Crippen LogP contribution >= 0.6 is 0 Å². The van der Waals surface area contributed by atoms with Gasteiger partial charge in [0.15, 0.2) is 0 Å². The van der Waals surface area contributed by atoms with Crippen molar-refractivity contribution in [1.82, 2.24) is 5.32 Å². The number of hydrogen-bond acceptors (Lipinski definition) is 2. The Hall–Kier alpha value is -0.770. The standard InChI is InChI=1S/C7H16N2O2/c1-9(2,3)6-5-8-7(10)11-4/h5-6H2,1-4H3/p+1. The maximum Gasteiger partial charge on any atom is 0.407 e. The zero-order chi connectivity index (χ0) is 8.91. The van der Waals surface area contributed by atoms with Crippen LogP contribution in [0.2, 0.25) is 0 Å². The fraction of sp³-hybridized carbons (Fsp3) is 0.857. The number of nitrogens with zero attached hydrogens (tertiary/aromatic N) is 1. The van der Waals surface area contributed by atoms with Crippen LogP contribution in [-0.2, 0) is 4.74 Å². The number of ether oxygens (including phenoxy) is 1. The van der Waals surface area contributed by atoms with Gasteiger partial charge in [-0.2, -0.15) is 0 Å². The van der Waals surface area contributed by atoms with Gasteiger partial charge in [0.1, 0.15) is 0 Å². The molecule has 66 valence electrons. The molecule has 0 heterocycles. The highest BCUT2D eigenvalue weighted by molar-refractivity contribution is 5.66. The molecule has 11 heavy (non-hydrogen) atoms. The Kier molecular flexibility index (Phi) is 3.89. The Morgan fingerprint density at radius 3 is 2.36 bits per heavy atom. The normalized spacial score (nSPS) is 10.9. The Bertz CT molecular complexity index is 129. The molecule has 0 fully saturated rings. The average molecular weight is 161 g/mol. The summed E-state index contributed by atoms with van der Waals surface area (Å²) in [7, 11) is 7.57. The van der Waals surface area contributed by atoms with E-state index >= 15 is 0 Å². The fourth-order valence-electron chi connectivity index (χ4n) is 0.566. The molecule has 1 amide bonds. The molecule has 0 aliphatic heterocycles. The van der Waals surface area contributed by atoms with E-state index in [9.17, 15) is 4.79 Å². The van der Waals surface area contributed by atoms with Crippen LogP contribution in [-0.4, -0.2) is 51.9 Å². The van der Waals surface area contributed by atoms with Gasteiger partial charge in [0, 0.05) is 0 Å². The molecule has 0 radical (unpaired) electrons. The smallest absolute Gasteiger partial charge is 0.407 e. The van der Waals surface area contributed by atoms with Crippen molar-refractivity contribution in [2.75, 3.05) is 41.3 Å². The average Bonchev–Trinajstić information content (AvgIpc) is 1.85. The van der Waals surface area contributed by atoms with Crippen molar-refractivity contribution >= 4 is 6.09 Å². The van der Waals surface area contributed by atoms with E-state index in [0.717, 1.165) is 11.0 Å². The van der Waals surface area contributed by atoms with Crippen LogP contribution in [0.4, 0.5) is 4.79 Å². The number of likely N-dealkylation sites (N-methyl/N-ethyl adjacent to an activating group) is 1. The minimum atomic E-state index is -0.363.